The lowest BCUT2D eigenvalue weighted by Crippen LogP contribution is -2.55. The van der Waals surface area contributed by atoms with Gasteiger partial charge in [-0.15, -0.1) is 11.3 Å². The monoisotopic (exact) mass is 1240 g/mol. The standard InChI is InChI=1S/C63H81ClF2N10O10S/c1-40(67-3)60(80)70-57(42-12-6-5-7-13-42)62(81)76-23-11-17-50(76)61-69-49(39-87-61)44-19-20-52(45-15-9-8-14-43(44)45)86-37-36-85-35-34-84-33-32-83-31-30-82-29-28-73(4)53(79)21-22-68-63-71-58-46(59(72-63)75-26-24-74(25-27-75)41(2)77)38-47(64)54(56(58)66)55-48(65)16-10-18-51(55)78/h8-10,14-16,19-20,38-40,42,50-51,57,67,78H,5-7,11-13,17-18,21-37H2,1-4H3,(H,70,80)(H,68,71,72)/t40-,50-,51+,57-/m0/s1. The van der Waals surface area contributed by atoms with E-state index in [1.807, 2.05) is 47.1 Å². The lowest BCUT2D eigenvalue weighted by Gasteiger charge is -2.35. The summed E-state index contributed by atoms with van der Waals surface area (Å²) in [7, 11) is 3.43. The van der Waals surface area contributed by atoms with Crippen LogP contribution in [0.5, 0.6) is 5.75 Å². The van der Waals surface area contributed by atoms with Gasteiger partial charge in [0, 0.05) is 99.1 Å². The second-order valence-electron chi connectivity index (χ2n) is 22.3. The highest BCUT2D eigenvalue weighted by Crippen LogP contribution is 2.43. The molecule has 4 atom stereocenters. The summed E-state index contributed by atoms with van der Waals surface area (Å²) >= 11 is 8.19. The number of carbonyl (C=O) groups excluding carboxylic acids is 4. The fraction of sp³-hybridized carbons (Fsp3) is 0.540. The van der Waals surface area contributed by atoms with Crippen molar-refractivity contribution in [3.63, 3.8) is 0 Å². The van der Waals surface area contributed by atoms with Crippen molar-refractivity contribution in [2.45, 2.75) is 95.9 Å². The number of rotatable bonds is 29. The summed E-state index contributed by atoms with van der Waals surface area (Å²) in [6, 6.07) is 12.5. The van der Waals surface area contributed by atoms with Gasteiger partial charge in [-0.3, -0.25) is 19.2 Å². The number of piperazine rings is 1. The summed E-state index contributed by atoms with van der Waals surface area (Å²) in [5.41, 5.74) is 1.16. The third-order valence-corrected chi connectivity index (χ3v) is 17.8. The predicted molar refractivity (Wildman–Crippen MR) is 332 cm³/mol. The van der Waals surface area contributed by atoms with E-state index in [9.17, 15) is 24.3 Å². The van der Waals surface area contributed by atoms with Crippen molar-refractivity contribution in [1.29, 1.82) is 0 Å². The van der Waals surface area contributed by atoms with Crippen molar-refractivity contribution >= 4 is 85.6 Å². The molecule has 0 bridgehead atoms. The van der Waals surface area contributed by atoms with E-state index in [4.69, 9.17) is 45.3 Å². The number of fused-ring (bicyclic) bond motifs is 2. The number of halogens is 3. The molecular weight excluding hydrogens is 1160 g/mol. The number of aliphatic hydroxyl groups excluding tert-OH is 1. The summed E-state index contributed by atoms with van der Waals surface area (Å²) in [4.78, 5) is 74.0. The Morgan fingerprint density at radius 1 is 0.839 bits per heavy atom. The number of anilines is 2. The minimum atomic E-state index is -1.31. The summed E-state index contributed by atoms with van der Waals surface area (Å²) in [5, 5.41) is 25.0. The highest BCUT2D eigenvalue weighted by molar-refractivity contribution is 7.10. The average molecular weight is 1240 g/mol. The van der Waals surface area contributed by atoms with Crippen molar-refractivity contribution in [2.75, 3.05) is 130 Å². The molecule has 9 rings (SSSR count). The van der Waals surface area contributed by atoms with Crippen LogP contribution in [0.3, 0.4) is 0 Å². The number of nitrogens with zero attached hydrogens (tertiary/aromatic N) is 7. The first-order valence-corrected chi connectivity index (χ1v) is 31.6. The van der Waals surface area contributed by atoms with Gasteiger partial charge in [0.1, 0.15) is 40.6 Å². The Labute approximate surface area is 515 Å². The van der Waals surface area contributed by atoms with Crippen LogP contribution in [0.2, 0.25) is 5.02 Å². The minimum absolute atomic E-state index is 0.000781. The molecule has 470 valence electrons. The maximum atomic E-state index is 16.5. The van der Waals surface area contributed by atoms with Gasteiger partial charge in [-0.05, 0) is 81.7 Å². The number of aromatic nitrogens is 3. The molecule has 24 heteroatoms. The molecule has 20 nitrogen and oxygen atoms in total. The van der Waals surface area contributed by atoms with Gasteiger partial charge >= 0.3 is 0 Å². The molecule has 3 fully saturated rings. The first-order chi connectivity index (χ1) is 42.2. The highest BCUT2D eigenvalue weighted by atomic mass is 35.5. The molecule has 4 N–H and O–H groups in total. The van der Waals surface area contributed by atoms with Crippen LogP contribution in [0.1, 0.15) is 88.2 Å². The highest BCUT2D eigenvalue weighted by Gasteiger charge is 2.40. The first kappa shape index (κ1) is 65.0. The molecule has 4 aliphatic rings. The van der Waals surface area contributed by atoms with E-state index < -0.39 is 29.8 Å². The van der Waals surface area contributed by atoms with Gasteiger partial charge in [0.2, 0.25) is 29.6 Å². The number of thiazole rings is 1. The number of hydrogen-bond donors (Lipinski definition) is 4. The van der Waals surface area contributed by atoms with E-state index in [0.29, 0.717) is 105 Å². The molecule has 3 aromatic carbocycles. The molecule has 2 aromatic heterocycles. The zero-order valence-corrected chi connectivity index (χ0v) is 51.7. The Bertz CT molecular complexity index is 3250. The van der Waals surface area contributed by atoms with E-state index in [-0.39, 0.29) is 88.0 Å². The van der Waals surface area contributed by atoms with Crippen LogP contribution in [0, 0.1) is 11.7 Å². The summed E-state index contributed by atoms with van der Waals surface area (Å²) in [5.74, 6) is -0.816. The van der Waals surface area contributed by atoms with Gasteiger partial charge in [0.05, 0.1) is 81.8 Å². The lowest BCUT2D eigenvalue weighted by atomic mass is 9.83. The Morgan fingerprint density at radius 2 is 1.53 bits per heavy atom. The molecule has 2 aliphatic carbocycles. The average Bonchev–Trinajstić information content (AvgIpc) is 3.34. The molecule has 0 unspecified atom stereocenters. The minimum Gasteiger partial charge on any atom is -0.491 e. The number of ether oxygens (including phenoxy) is 5. The maximum Gasteiger partial charge on any atom is 0.246 e. The Morgan fingerprint density at radius 3 is 2.22 bits per heavy atom. The largest absolute Gasteiger partial charge is 0.491 e. The van der Waals surface area contributed by atoms with Gasteiger partial charge in [0.25, 0.3) is 0 Å². The molecule has 4 amide bonds. The summed E-state index contributed by atoms with van der Waals surface area (Å²) < 4.78 is 60.6. The van der Waals surface area contributed by atoms with Crippen molar-refractivity contribution in [3.8, 4) is 17.0 Å². The number of nitrogens with one attached hydrogen (secondary N) is 3. The molecule has 1 saturated carbocycles. The number of hydrogen-bond acceptors (Lipinski definition) is 17. The van der Waals surface area contributed by atoms with Gasteiger partial charge in [-0.25, -0.2) is 18.7 Å². The number of benzene rings is 3. The number of amides is 4. The van der Waals surface area contributed by atoms with Gasteiger partial charge < -0.3 is 64.3 Å². The quantitative estimate of drug-likeness (QED) is 0.0332. The van der Waals surface area contributed by atoms with Crippen LogP contribution in [0.25, 0.3) is 38.5 Å². The number of aliphatic hydroxyl groups is 1. The molecule has 0 radical (unpaired) electrons. The van der Waals surface area contributed by atoms with E-state index >= 15 is 8.78 Å². The topological polar surface area (TPSA) is 222 Å². The normalized spacial score (nSPS) is 18.2. The summed E-state index contributed by atoms with van der Waals surface area (Å²) in [6.07, 6.45) is 8.36. The molecule has 5 aromatic rings. The van der Waals surface area contributed by atoms with Crippen LogP contribution >= 0.6 is 22.9 Å². The van der Waals surface area contributed by atoms with Crippen molar-refractivity contribution in [3.05, 3.63) is 87.2 Å². The number of carbonyl (C=O) groups is 4. The Hall–Kier alpha value is -6.44. The fourth-order valence-electron chi connectivity index (χ4n) is 11.6. The van der Waals surface area contributed by atoms with Crippen LogP contribution < -0.4 is 25.6 Å². The number of likely N-dealkylation sites (tertiary alicyclic amines) is 1. The molecule has 87 heavy (non-hydrogen) atoms. The summed E-state index contributed by atoms with van der Waals surface area (Å²) in [6.45, 7) is 9.29. The Kier molecular flexibility index (Phi) is 23.7. The number of likely N-dealkylation sites (N-methyl/N-ethyl adjacent to an activating group) is 2. The zero-order chi connectivity index (χ0) is 61.4. The molecule has 2 aliphatic heterocycles. The van der Waals surface area contributed by atoms with Crippen molar-refractivity contribution < 1.29 is 56.7 Å². The Balaban J connectivity index is 0.649. The third kappa shape index (κ3) is 16.5. The SMILES string of the molecule is CN[C@@H](C)C(=O)N[C@H](C(=O)N1CCC[C@H]1c1nc(-c2ccc(OCCOCCOCCOCCOCCN(C)C(=O)CCNc3nc(N4CCN(C(C)=O)CC4)c4cc(Cl)c(C5=C(F)C=CC[C@H]5O)c(F)c4n3)c3ccccc23)cs1)C1CCCCC1. The number of allylic oxidation sites excluding steroid dienone is 2. The van der Waals surface area contributed by atoms with Gasteiger partial charge in [0.15, 0.2) is 5.82 Å². The third-order valence-electron chi connectivity index (χ3n) is 16.6. The smallest absolute Gasteiger partial charge is 0.246 e. The molecule has 0 spiro atoms. The van der Waals surface area contributed by atoms with Crippen LogP contribution in [-0.2, 0) is 38.1 Å². The maximum absolute atomic E-state index is 16.5. The molecule has 2 saturated heterocycles. The van der Waals surface area contributed by atoms with E-state index in [0.717, 1.165) is 77.7 Å². The second-order valence-corrected chi connectivity index (χ2v) is 23.6. The van der Waals surface area contributed by atoms with E-state index in [2.05, 4.69) is 32.4 Å². The van der Waals surface area contributed by atoms with Crippen LogP contribution in [0.15, 0.2) is 65.8 Å². The van der Waals surface area contributed by atoms with Crippen molar-refractivity contribution in [2.24, 2.45) is 5.92 Å². The zero-order valence-electron chi connectivity index (χ0n) is 50.1. The lowest BCUT2D eigenvalue weighted by molar-refractivity contribution is -0.139. The van der Waals surface area contributed by atoms with E-state index in [1.54, 1.807) is 35.2 Å². The first-order valence-electron chi connectivity index (χ1n) is 30.3. The fourth-order valence-corrected chi connectivity index (χ4v) is 12.9. The van der Waals surface area contributed by atoms with Crippen LogP contribution in [0.4, 0.5) is 20.5 Å². The van der Waals surface area contributed by atoms with Gasteiger partial charge in [-0.1, -0.05) is 61.2 Å². The molecule has 4 heterocycles. The predicted octanol–water partition coefficient (Wildman–Crippen LogP) is 8.11. The van der Waals surface area contributed by atoms with Crippen molar-refractivity contribution in [1.82, 2.24) is 40.3 Å². The van der Waals surface area contributed by atoms with E-state index in [1.165, 1.54) is 25.1 Å². The molecular formula is C63H81ClF2N10O10S. The second kappa shape index (κ2) is 31.6. The van der Waals surface area contributed by atoms with Gasteiger partial charge in [-0.2, -0.15) is 4.98 Å². The van der Waals surface area contributed by atoms with Crippen LogP contribution in [-0.4, -0.2) is 196 Å².